The second kappa shape index (κ2) is 4.58. The highest BCUT2D eigenvalue weighted by atomic mass is 16.5. The molecular formula is C14H17NO2. The Morgan fingerprint density at radius 3 is 2.12 bits per heavy atom. The molecule has 0 aliphatic heterocycles. The lowest BCUT2D eigenvalue weighted by Crippen LogP contribution is -2.22. The van der Waals surface area contributed by atoms with Gasteiger partial charge in [0, 0.05) is 5.56 Å². The number of Topliss-reactive ketones (excluding diaryl/α,β-unsaturated/α-hetero) is 1. The molecule has 0 spiro atoms. The highest BCUT2D eigenvalue weighted by molar-refractivity contribution is 6.02. The summed E-state index contributed by atoms with van der Waals surface area (Å²) in [5.74, 6) is 0.630. The molecule has 17 heavy (non-hydrogen) atoms. The van der Waals surface area contributed by atoms with Crippen molar-refractivity contribution in [2.24, 2.45) is 5.41 Å². The van der Waals surface area contributed by atoms with Crippen molar-refractivity contribution < 1.29 is 9.53 Å². The van der Waals surface area contributed by atoms with E-state index in [4.69, 9.17) is 10.00 Å². The van der Waals surface area contributed by atoms with Gasteiger partial charge in [0.05, 0.1) is 13.2 Å². The molecule has 0 saturated carbocycles. The molecule has 0 unspecified atom stereocenters. The number of aryl methyl sites for hydroxylation is 2. The number of ketones is 1. The molecule has 0 aromatic heterocycles. The molecule has 0 aliphatic rings. The first kappa shape index (κ1) is 13.2. The Morgan fingerprint density at radius 2 is 1.76 bits per heavy atom. The van der Waals surface area contributed by atoms with Crippen LogP contribution in [0.4, 0.5) is 0 Å². The first-order valence-electron chi connectivity index (χ1n) is 5.44. The summed E-state index contributed by atoms with van der Waals surface area (Å²) >= 11 is 0. The van der Waals surface area contributed by atoms with Gasteiger partial charge in [-0.05, 0) is 51.0 Å². The number of nitrogens with zero attached hydrogens (tertiary/aromatic N) is 1. The number of carbonyl (C=O) groups excluding carboxylic acids is 1. The minimum Gasteiger partial charge on any atom is -0.496 e. The van der Waals surface area contributed by atoms with Crippen molar-refractivity contribution in [1.82, 2.24) is 0 Å². The fraction of sp³-hybridized carbons (Fsp3) is 0.429. The maximum atomic E-state index is 12.1. The van der Waals surface area contributed by atoms with Gasteiger partial charge < -0.3 is 4.74 Å². The van der Waals surface area contributed by atoms with Crippen molar-refractivity contribution in [3.8, 4) is 11.8 Å². The monoisotopic (exact) mass is 231 g/mol. The van der Waals surface area contributed by atoms with Crippen LogP contribution in [0, 0.1) is 30.6 Å². The minimum atomic E-state index is -0.993. The molecule has 3 nitrogen and oxygen atoms in total. The number of carbonyl (C=O) groups is 1. The van der Waals surface area contributed by atoms with E-state index in [1.54, 1.807) is 33.1 Å². The normalized spacial score (nSPS) is 10.8. The predicted octanol–water partition coefficient (Wildman–Crippen LogP) is 3.04. The van der Waals surface area contributed by atoms with E-state index >= 15 is 0 Å². The summed E-state index contributed by atoms with van der Waals surface area (Å²) in [5.41, 5.74) is 1.38. The first-order chi connectivity index (χ1) is 7.83. The van der Waals surface area contributed by atoms with Crippen LogP contribution in [0.15, 0.2) is 12.1 Å². The van der Waals surface area contributed by atoms with Gasteiger partial charge in [-0.3, -0.25) is 4.79 Å². The van der Waals surface area contributed by atoms with E-state index in [0.717, 1.165) is 16.9 Å². The number of ether oxygens (including phenoxy) is 1. The van der Waals surface area contributed by atoms with Crippen LogP contribution in [0.1, 0.15) is 35.3 Å². The second-order valence-electron chi connectivity index (χ2n) is 4.71. The third-order valence-electron chi connectivity index (χ3n) is 2.77. The van der Waals surface area contributed by atoms with E-state index in [-0.39, 0.29) is 5.78 Å². The van der Waals surface area contributed by atoms with Gasteiger partial charge in [0.15, 0.2) is 5.78 Å². The van der Waals surface area contributed by atoms with Gasteiger partial charge in [-0.25, -0.2) is 0 Å². The molecular weight excluding hydrogens is 214 g/mol. The maximum absolute atomic E-state index is 12.1. The Kier molecular flexibility index (Phi) is 3.57. The van der Waals surface area contributed by atoms with Crippen molar-refractivity contribution >= 4 is 5.78 Å². The van der Waals surface area contributed by atoms with Crippen LogP contribution in [0.2, 0.25) is 0 Å². The third-order valence-corrected chi connectivity index (χ3v) is 2.77. The second-order valence-corrected chi connectivity index (χ2v) is 4.71. The Balaban J connectivity index is 3.28. The van der Waals surface area contributed by atoms with Crippen molar-refractivity contribution in [1.29, 1.82) is 5.26 Å². The van der Waals surface area contributed by atoms with Crippen LogP contribution in [-0.4, -0.2) is 12.9 Å². The molecule has 3 heteroatoms. The molecule has 0 amide bonds. The average Bonchev–Trinajstić information content (AvgIpc) is 2.27. The Hall–Kier alpha value is -1.82. The summed E-state index contributed by atoms with van der Waals surface area (Å²) in [4.78, 5) is 12.1. The smallest absolute Gasteiger partial charge is 0.182 e. The van der Waals surface area contributed by atoms with Crippen LogP contribution < -0.4 is 4.74 Å². The lowest BCUT2D eigenvalue weighted by atomic mass is 9.85. The number of hydrogen-bond donors (Lipinski definition) is 0. The number of methoxy groups -OCH3 is 1. The fourth-order valence-electron chi connectivity index (χ4n) is 1.81. The SMILES string of the molecule is COc1c(C)cc(C(=O)C(C)(C)C#N)cc1C. The molecule has 0 heterocycles. The van der Waals surface area contributed by atoms with Crippen molar-refractivity contribution in [2.75, 3.05) is 7.11 Å². The Bertz CT molecular complexity index is 472. The van der Waals surface area contributed by atoms with Gasteiger partial charge in [-0.2, -0.15) is 5.26 Å². The molecule has 0 fully saturated rings. The third kappa shape index (κ3) is 2.47. The lowest BCUT2D eigenvalue weighted by Gasteiger charge is -2.16. The lowest BCUT2D eigenvalue weighted by molar-refractivity contribution is 0.0891. The number of rotatable bonds is 3. The molecule has 0 atom stereocenters. The molecule has 0 saturated heterocycles. The van der Waals surface area contributed by atoms with Gasteiger partial charge in [0.1, 0.15) is 11.2 Å². The first-order valence-corrected chi connectivity index (χ1v) is 5.44. The standard InChI is InChI=1S/C14H17NO2/c1-9-6-11(7-10(2)12(9)17-5)13(16)14(3,4)8-15/h6-7H,1-5H3. The van der Waals surface area contributed by atoms with Crippen LogP contribution in [-0.2, 0) is 0 Å². The largest absolute Gasteiger partial charge is 0.496 e. The van der Waals surface area contributed by atoms with Gasteiger partial charge in [0.25, 0.3) is 0 Å². The highest BCUT2D eigenvalue weighted by Crippen LogP contribution is 2.28. The van der Waals surface area contributed by atoms with Gasteiger partial charge in [-0.1, -0.05) is 0 Å². The van der Waals surface area contributed by atoms with Crippen LogP contribution in [0.5, 0.6) is 5.75 Å². The van der Waals surface area contributed by atoms with Gasteiger partial charge in [-0.15, -0.1) is 0 Å². The summed E-state index contributed by atoms with van der Waals surface area (Å²) in [6.07, 6.45) is 0. The van der Waals surface area contributed by atoms with E-state index in [9.17, 15) is 4.79 Å². The molecule has 1 rings (SSSR count). The number of benzene rings is 1. The summed E-state index contributed by atoms with van der Waals surface area (Å²) in [6.45, 7) is 7.04. The highest BCUT2D eigenvalue weighted by Gasteiger charge is 2.29. The summed E-state index contributed by atoms with van der Waals surface area (Å²) in [7, 11) is 1.61. The average molecular weight is 231 g/mol. The van der Waals surface area contributed by atoms with Crippen LogP contribution >= 0.6 is 0 Å². The summed E-state index contributed by atoms with van der Waals surface area (Å²) in [6, 6.07) is 5.57. The molecule has 0 radical (unpaired) electrons. The minimum absolute atomic E-state index is 0.158. The van der Waals surface area contributed by atoms with Crippen LogP contribution in [0.3, 0.4) is 0 Å². The van der Waals surface area contributed by atoms with E-state index in [0.29, 0.717) is 5.56 Å². The quantitative estimate of drug-likeness (QED) is 0.751. The van der Waals surface area contributed by atoms with Crippen molar-refractivity contribution in [3.05, 3.63) is 28.8 Å². The Labute approximate surface area is 102 Å². The van der Waals surface area contributed by atoms with E-state index < -0.39 is 5.41 Å². The number of hydrogen-bond acceptors (Lipinski definition) is 3. The summed E-state index contributed by atoms with van der Waals surface area (Å²) < 4.78 is 5.25. The fourth-order valence-corrected chi connectivity index (χ4v) is 1.81. The topological polar surface area (TPSA) is 50.1 Å². The zero-order valence-corrected chi connectivity index (χ0v) is 10.9. The maximum Gasteiger partial charge on any atom is 0.182 e. The molecule has 0 N–H and O–H groups in total. The van der Waals surface area contributed by atoms with E-state index in [1.165, 1.54) is 0 Å². The number of nitriles is 1. The Morgan fingerprint density at radius 1 is 1.29 bits per heavy atom. The molecule has 90 valence electrons. The molecule has 0 aliphatic carbocycles. The van der Waals surface area contributed by atoms with Gasteiger partial charge >= 0.3 is 0 Å². The molecule has 1 aromatic carbocycles. The van der Waals surface area contributed by atoms with Crippen molar-refractivity contribution in [2.45, 2.75) is 27.7 Å². The predicted molar refractivity (Wildman–Crippen MR) is 66.2 cm³/mol. The van der Waals surface area contributed by atoms with E-state index in [1.807, 2.05) is 19.9 Å². The molecule has 1 aromatic rings. The zero-order chi connectivity index (χ0) is 13.2. The van der Waals surface area contributed by atoms with Crippen molar-refractivity contribution in [3.63, 3.8) is 0 Å². The van der Waals surface area contributed by atoms with Crippen LogP contribution in [0.25, 0.3) is 0 Å². The molecule has 0 bridgehead atoms. The zero-order valence-electron chi connectivity index (χ0n) is 10.9. The summed E-state index contributed by atoms with van der Waals surface area (Å²) in [5, 5.41) is 8.97. The van der Waals surface area contributed by atoms with Gasteiger partial charge in [0.2, 0.25) is 0 Å². The van der Waals surface area contributed by atoms with E-state index in [2.05, 4.69) is 0 Å².